The third-order valence-corrected chi connectivity index (χ3v) is 4.40. The van der Waals surface area contributed by atoms with Crippen molar-refractivity contribution in [1.82, 2.24) is 10.6 Å². The van der Waals surface area contributed by atoms with Gasteiger partial charge in [0, 0.05) is 25.0 Å². The summed E-state index contributed by atoms with van der Waals surface area (Å²) in [7, 11) is 0. The molecular weight excluding hydrogens is 212 g/mol. The predicted molar refractivity (Wildman–Crippen MR) is 69.7 cm³/mol. The fourth-order valence-corrected chi connectivity index (χ4v) is 2.68. The van der Waals surface area contributed by atoms with Gasteiger partial charge < -0.3 is 10.6 Å². The lowest BCUT2D eigenvalue weighted by molar-refractivity contribution is -0.122. The van der Waals surface area contributed by atoms with Gasteiger partial charge in [-0.1, -0.05) is 13.8 Å². The lowest BCUT2D eigenvalue weighted by Crippen LogP contribution is -2.40. The molecule has 0 heterocycles. The van der Waals surface area contributed by atoms with Gasteiger partial charge in [0.25, 0.3) is 0 Å². The summed E-state index contributed by atoms with van der Waals surface area (Å²) in [5.41, 5.74) is 0. The Morgan fingerprint density at radius 3 is 2.47 bits per heavy atom. The van der Waals surface area contributed by atoms with Crippen molar-refractivity contribution in [3.8, 4) is 0 Å². The zero-order valence-electron chi connectivity index (χ0n) is 11.2. The Kier molecular flexibility index (Phi) is 4.43. The summed E-state index contributed by atoms with van der Waals surface area (Å²) in [6.45, 7) is 6.42. The Hall–Kier alpha value is -0.570. The van der Waals surface area contributed by atoms with Crippen LogP contribution in [0.25, 0.3) is 0 Å². The van der Waals surface area contributed by atoms with E-state index in [-0.39, 0.29) is 5.91 Å². The van der Waals surface area contributed by atoms with Gasteiger partial charge in [-0.05, 0) is 43.9 Å². The second-order valence-electron chi connectivity index (χ2n) is 5.98. The van der Waals surface area contributed by atoms with Crippen molar-refractivity contribution >= 4 is 5.91 Å². The van der Waals surface area contributed by atoms with Crippen LogP contribution in [0.15, 0.2) is 0 Å². The van der Waals surface area contributed by atoms with Crippen molar-refractivity contribution < 1.29 is 4.79 Å². The maximum absolute atomic E-state index is 11.4. The van der Waals surface area contributed by atoms with E-state index in [0.29, 0.717) is 12.0 Å². The molecule has 0 saturated heterocycles. The lowest BCUT2D eigenvalue weighted by atomic mass is 9.79. The normalized spacial score (nSPS) is 33.4. The smallest absolute Gasteiger partial charge is 0.223 e. The molecule has 17 heavy (non-hydrogen) atoms. The van der Waals surface area contributed by atoms with Crippen LogP contribution in [0, 0.1) is 17.8 Å². The first-order valence-electron chi connectivity index (χ1n) is 7.18. The van der Waals surface area contributed by atoms with E-state index in [0.717, 1.165) is 37.8 Å². The van der Waals surface area contributed by atoms with Crippen LogP contribution >= 0.6 is 0 Å². The molecule has 0 radical (unpaired) electrons. The molecule has 2 fully saturated rings. The minimum Gasteiger partial charge on any atom is -0.355 e. The zero-order valence-corrected chi connectivity index (χ0v) is 11.2. The van der Waals surface area contributed by atoms with Crippen LogP contribution in [0.1, 0.15) is 46.0 Å². The summed E-state index contributed by atoms with van der Waals surface area (Å²) in [6.07, 6.45) is 6.11. The van der Waals surface area contributed by atoms with Gasteiger partial charge >= 0.3 is 0 Å². The third kappa shape index (κ3) is 3.98. The highest BCUT2D eigenvalue weighted by atomic mass is 16.2. The standard InChI is InChI=1S/C14H26N2O/c1-10-3-6-13(9-11(10)2)15-7-8-16-14(17)12-4-5-12/h10-13,15H,3-9H2,1-2H3,(H,16,17). The molecule has 3 unspecified atom stereocenters. The summed E-state index contributed by atoms with van der Waals surface area (Å²) in [5, 5.41) is 6.58. The van der Waals surface area contributed by atoms with E-state index in [1.807, 2.05) is 0 Å². The molecular formula is C14H26N2O. The van der Waals surface area contributed by atoms with Crippen LogP contribution in [0.5, 0.6) is 0 Å². The van der Waals surface area contributed by atoms with Crippen molar-refractivity contribution in [3.63, 3.8) is 0 Å². The number of hydrogen-bond acceptors (Lipinski definition) is 2. The molecule has 2 rings (SSSR count). The summed E-state index contributed by atoms with van der Waals surface area (Å²) < 4.78 is 0. The molecule has 2 aliphatic carbocycles. The maximum Gasteiger partial charge on any atom is 0.223 e. The van der Waals surface area contributed by atoms with Crippen LogP contribution in [0.4, 0.5) is 0 Å². The fraction of sp³-hybridized carbons (Fsp3) is 0.929. The quantitative estimate of drug-likeness (QED) is 0.719. The van der Waals surface area contributed by atoms with Gasteiger partial charge in [-0.15, -0.1) is 0 Å². The predicted octanol–water partition coefficient (Wildman–Crippen LogP) is 1.93. The number of nitrogens with one attached hydrogen (secondary N) is 2. The molecule has 0 aromatic carbocycles. The van der Waals surface area contributed by atoms with E-state index in [2.05, 4.69) is 24.5 Å². The minimum atomic E-state index is 0.262. The number of rotatable bonds is 5. The first kappa shape index (κ1) is 12.9. The van der Waals surface area contributed by atoms with E-state index in [4.69, 9.17) is 0 Å². The molecule has 3 atom stereocenters. The first-order valence-corrected chi connectivity index (χ1v) is 7.18. The highest BCUT2D eigenvalue weighted by Crippen LogP contribution is 2.29. The summed E-state index contributed by atoms with van der Waals surface area (Å²) >= 11 is 0. The minimum absolute atomic E-state index is 0.262. The van der Waals surface area contributed by atoms with Crippen molar-refractivity contribution in [2.24, 2.45) is 17.8 Å². The largest absolute Gasteiger partial charge is 0.355 e. The van der Waals surface area contributed by atoms with Gasteiger partial charge in [0.15, 0.2) is 0 Å². The Morgan fingerprint density at radius 1 is 1.06 bits per heavy atom. The van der Waals surface area contributed by atoms with E-state index in [1.165, 1.54) is 19.3 Å². The Balaban J connectivity index is 1.54. The van der Waals surface area contributed by atoms with E-state index in [1.54, 1.807) is 0 Å². The highest BCUT2D eigenvalue weighted by Gasteiger charge is 2.29. The zero-order chi connectivity index (χ0) is 12.3. The van der Waals surface area contributed by atoms with Gasteiger partial charge in [0.05, 0.1) is 0 Å². The number of hydrogen-bond donors (Lipinski definition) is 2. The molecule has 0 spiro atoms. The second kappa shape index (κ2) is 5.85. The summed E-state index contributed by atoms with van der Waals surface area (Å²) in [4.78, 5) is 11.4. The molecule has 0 aliphatic heterocycles. The molecule has 0 aromatic heterocycles. The molecule has 98 valence electrons. The van der Waals surface area contributed by atoms with Gasteiger partial charge in [-0.3, -0.25) is 4.79 Å². The second-order valence-corrected chi connectivity index (χ2v) is 5.98. The van der Waals surface area contributed by atoms with E-state index >= 15 is 0 Å². The van der Waals surface area contributed by atoms with Crippen molar-refractivity contribution in [1.29, 1.82) is 0 Å². The topological polar surface area (TPSA) is 41.1 Å². The first-order chi connectivity index (χ1) is 8.16. The molecule has 0 aromatic rings. The summed E-state index contributed by atoms with van der Waals surface area (Å²) in [5.74, 6) is 2.31. The van der Waals surface area contributed by atoms with E-state index < -0.39 is 0 Å². The van der Waals surface area contributed by atoms with Gasteiger partial charge in [-0.25, -0.2) is 0 Å². The van der Waals surface area contributed by atoms with Gasteiger partial charge in [0.2, 0.25) is 5.91 Å². The van der Waals surface area contributed by atoms with Crippen molar-refractivity contribution in [2.75, 3.05) is 13.1 Å². The van der Waals surface area contributed by atoms with Crippen LogP contribution in [-0.4, -0.2) is 25.0 Å². The molecule has 0 bridgehead atoms. The van der Waals surface area contributed by atoms with E-state index in [9.17, 15) is 4.79 Å². The lowest BCUT2D eigenvalue weighted by Gasteiger charge is -2.32. The molecule has 2 N–H and O–H groups in total. The number of carbonyl (C=O) groups excluding carboxylic acids is 1. The molecule has 3 heteroatoms. The number of amides is 1. The molecule has 1 amide bonds. The van der Waals surface area contributed by atoms with Crippen LogP contribution in [0.3, 0.4) is 0 Å². The SMILES string of the molecule is CC1CCC(NCCNC(=O)C2CC2)CC1C. The van der Waals surface area contributed by atoms with Gasteiger partial charge in [-0.2, -0.15) is 0 Å². The number of carbonyl (C=O) groups is 1. The molecule has 3 nitrogen and oxygen atoms in total. The summed E-state index contributed by atoms with van der Waals surface area (Å²) in [6, 6.07) is 0.666. The van der Waals surface area contributed by atoms with Gasteiger partial charge in [0.1, 0.15) is 0 Å². The monoisotopic (exact) mass is 238 g/mol. The van der Waals surface area contributed by atoms with Crippen LogP contribution in [0.2, 0.25) is 0 Å². The molecule has 2 saturated carbocycles. The fourth-order valence-electron chi connectivity index (χ4n) is 2.68. The Morgan fingerprint density at radius 2 is 1.82 bits per heavy atom. The third-order valence-electron chi connectivity index (χ3n) is 4.40. The Labute approximate surface area is 105 Å². The maximum atomic E-state index is 11.4. The molecule has 2 aliphatic rings. The van der Waals surface area contributed by atoms with Crippen molar-refractivity contribution in [3.05, 3.63) is 0 Å². The average Bonchev–Trinajstić information content (AvgIpc) is 3.13. The average molecular weight is 238 g/mol. The van der Waals surface area contributed by atoms with Crippen molar-refractivity contribution in [2.45, 2.75) is 52.0 Å². The highest BCUT2D eigenvalue weighted by molar-refractivity contribution is 5.80. The van der Waals surface area contributed by atoms with Crippen LogP contribution < -0.4 is 10.6 Å². The van der Waals surface area contributed by atoms with Crippen LogP contribution in [-0.2, 0) is 4.79 Å². The Bertz CT molecular complexity index is 263.